The van der Waals surface area contributed by atoms with E-state index in [2.05, 4.69) is 34.6 Å². The first-order chi connectivity index (χ1) is 31.3. The van der Waals surface area contributed by atoms with Crippen LogP contribution in [-0.2, 0) is 28.6 Å². The molecule has 6 heteroatoms. The molecule has 0 aliphatic rings. The first kappa shape index (κ1) is 62.4. The second-order valence-corrected chi connectivity index (χ2v) is 20.6. The van der Waals surface area contributed by atoms with E-state index >= 15 is 0 Å². The maximum Gasteiger partial charge on any atom is 0.306 e. The number of ether oxygens (including phenoxy) is 3. The molecule has 0 aromatic rings. The molecular formula is C58H112O6. The van der Waals surface area contributed by atoms with Crippen LogP contribution in [0.1, 0.15) is 324 Å². The fraction of sp³-hybridized carbons (Fsp3) is 0.948. The molecule has 0 aliphatic heterocycles. The summed E-state index contributed by atoms with van der Waals surface area (Å²) >= 11 is 0. The van der Waals surface area contributed by atoms with Crippen molar-refractivity contribution in [3.63, 3.8) is 0 Å². The molecule has 0 amide bonds. The molecule has 0 radical (unpaired) electrons. The number of unbranched alkanes of at least 4 members (excludes halogenated alkanes) is 36. The third-order valence-electron chi connectivity index (χ3n) is 13.6. The Morgan fingerprint density at radius 2 is 0.594 bits per heavy atom. The highest BCUT2D eigenvalue weighted by Crippen LogP contribution is 2.18. The van der Waals surface area contributed by atoms with E-state index in [1.807, 2.05) is 0 Å². The summed E-state index contributed by atoms with van der Waals surface area (Å²) < 4.78 is 16.9. The molecule has 380 valence electrons. The molecule has 0 spiro atoms. The molecule has 0 saturated carbocycles. The Kier molecular flexibility index (Phi) is 49.6. The monoisotopic (exact) mass is 905 g/mol. The van der Waals surface area contributed by atoms with Crippen LogP contribution >= 0.6 is 0 Å². The molecule has 0 N–H and O–H groups in total. The van der Waals surface area contributed by atoms with Crippen molar-refractivity contribution in [2.24, 2.45) is 11.8 Å². The molecule has 6 nitrogen and oxygen atoms in total. The minimum Gasteiger partial charge on any atom is -0.462 e. The summed E-state index contributed by atoms with van der Waals surface area (Å²) in [7, 11) is 0. The first-order valence-electron chi connectivity index (χ1n) is 28.8. The van der Waals surface area contributed by atoms with Gasteiger partial charge >= 0.3 is 17.9 Å². The van der Waals surface area contributed by atoms with E-state index in [0.29, 0.717) is 19.3 Å². The Morgan fingerprint density at radius 3 is 0.891 bits per heavy atom. The number of carbonyl (C=O) groups is 3. The zero-order valence-electron chi connectivity index (χ0n) is 43.9. The minimum atomic E-state index is -0.763. The van der Waals surface area contributed by atoms with Crippen LogP contribution in [-0.4, -0.2) is 37.2 Å². The number of hydrogen-bond acceptors (Lipinski definition) is 6. The van der Waals surface area contributed by atoms with E-state index < -0.39 is 6.10 Å². The van der Waals surface area contributed by atoms with Crippen molar-refractivity contribution in [2.75, 3.05) is 13.2 Å². The molecule has 0 rings (SSSR count). The van der Waals surface area contributed by atoms with Crippen molar-refractivity contribution in [1.29, 1.82) is 0 Å². The Labute approximate surface area is 399 Å². The largest absolute Gasteiger partial charge is 0.462 e. The standard InChI is InChI=1S/C58H112O6/c1-6-8-9-10-11-12-13-14-15-18-21-24-27-33-38-43-48-56(59)62-51-55(52-63-57(60)49-44-39-34-30-29-32-37-42-47-54(5)7-2)64-58(61)50-45-40-35-28-25-22-19-16-17-20-23-26-31-36-41-46-53(3)4/h53-55H,6-52H2,1-5H3/t54?,55-/m1/s1. The molecule has 0 bridgehead atoms. The van der Waals surface area contributed by atoms with Crippen LogP contribution in [0.5, 0.6) is 0 Å². The number of carbonyl (C=O) groups excluding carboxylic acids is 3. The Morgan fingerprint density at radius 1 is 0.328 bits per heavy atom. The number of esters is 3. The maximum absolute atomic E-state index is 12.8. The van der Waals surface area contributed by atoms with Gasteiger partial charge in [-0.05, 0) is 31.1 Å². The van der Waals surface area contributed by atoms with Gasteiger partial charge in [-0.2, -0.15) is 0 Å². The third kappa shape index (κ3) is 49.8. The molecule has 0 aromatic carbocycles. The van der Waals surface area contributed by atoms with E-state index in [9.17, 15) is 14.4 Å². The molecule has 0 fully saturated rings. The number of hydrogen-bond donors (Lipinski definition) is 0. The Bertz CT molecular complexity index is 980. The molecule has 0 aromatic heterocycles. The summed E-state index contributed by atoms with van der Waals surface area (Å²) in [5, 5.41) is 0. The SMILES string of the molecule is CCCCCCCCCCCCCCCCCCC(=O)OC[C@H](COC(=O)CCCCCCCCCCC(C)CC)OC(=O)CCCCCCCCCCCCCCCCCC(C)C. The van der Waals surface area contributed by atoms with Crippen molar-refractivity contribution in [3.05, 3.63) is 0 Å². The quantitative estimate of drug-likeness (QED) is 0.0344. The molecule has 1 unspecified atom stereocenters. The van der Waals surface area contributed by atoms with E-state index in [4.69, 9.17) is 14.2 Å². The van der Waals surface area contributed by atoms with Crippen molar-refractivity contribution in [3.8, 4) is 0 Å². The van der Waals surface area contributed by atoms with Gasteiger partial charge in [0.05, 0.1) is 0 Å². The number of rotatable bonds is 52. The summed E-state index contributed by atoms with van der Waals surface area (Å²) in [6.45, 7) is 11.4. The molecule has 0 aliphatic carbocycles. The van der Waals surface area contributed by atoms with E-state index in [1.54, 1.807) is 0 Å². The van der Waals surface area contributed by atoms with Crippen LogP contribution in [0.15, 0.2) is 0 Å². The van der Waals surface area contributed by atoms with Gasteiger partial charge in [0.1, 0.15) is 13.2 Å². The normalized spacial score (nSPS) is 12.5. The lowest BCUT2D eigenvalue weighted by atomic mass is 9.99. The summed E-state index contributed by atoms with van der Waals surface area (Å²) in [4.78, 5) is 38.1. The van der Waals surface area contributed by atoms with Crippen LogP contribution < -0.4 is 0 Å². The van der Waals surface area contributed by atoms with E-state index in [-0.39, 0.29) is 31.1 Å². The smallest absolute Gasteiger partial charge is 0.306 e. The molecule has 2 atom stereocenters. The molecular weight excluding hydrogens is 793 g/mol. The average Bonchev–Trinajstić information content (AvgIpc) is 3.28. The van der Waals surface area contributed by atoms with Gasteiger partial charge in [0.2, 0.25) is 0 Å². The van der Waals surface area contributed by atoms with Crippen LogP contribution in [0.4, 0.5) is 0 Å². The van der Waals surface area contributed by atoms with Crippen LogP contribution in [0, 0.1) is 11.8 Å². The van der Waals surface area contributed by atoms with E-state index in [1.165, 1.54) is 212 Å². The van der Waals surface area contributed by atoms with Gasteiger partial charge in [-0.25, -0.2) is 0 Å². The van der Waals surface area contributed by atoms with Gasteiger partial charge in [0.15, 0.2) is 6.10 Å². The molecule has 64 heavy (non-hydrogen) atoms. The first-order valence-corrected chi connectivity index (χ1v) is 28.8. The van der Waals surface area contributed by atoms with Gasteiger partial charge in [-0.3, -0.25) is 14.4 Å². The minimum absolute atomic E-state index is 0.0630. The average molecular weight is 906 g/mol. The maximum atomic E-state index is 12.8. The van der Waals surface area contributed by atoms with Gasteiger partial charge in [0.25, 0.3) is 0 Å². The van der Waals surface area contributed by atoms with Gasteiger partial charge in [-0.1, -0.05) is 285 Å². The van der Waals surface area contributed by atoms with Crippen molar-refractivity contribution in [1.82, 2.24) is 0 Å². The topological polar surface area (TPSA) is 78.9 Å². The molecule has 0 saturated heterocycles. The second-order valence-electron chi connectivity index (χ2n) is 20.6. The van der Waals surface area contributed by atoms with Crippen LogP contribution in [0.25, 0.3) is 0 Å². The lowest BCUT2D eigenvalue weighted by molar-refractivity contribution is -0.167. The predicted molar refractivity (Wildman–Crippen MR) is 275 cm³/mol. The summed E-state index contributed by atoms with van der Waals surface area (Å²) in [6.07, 6.45) is 53.7. The van der Waals surface area contributed by atoms with Crippen molar-refractivity contribution >= 4 is 17.9 Å². The van der Waals surface area contributed by atoms with E-state index in [0.717, 1.165) is 69.6 Å². The zero-order chi connectivity index (χ0) is 46.8. The Balaban J connectivity index is 4.29. The highest BCUT2D eigenvalue weighted by molar-refractivity contribution is 5.71. The third-order valence-corrected chi connectivity index (χ3v) is 13.6. The van der Waals surface area contributed by atoms with Crippen molar-refractivity contribution in [2.45, 2.75) is 330 Å². The fourth-order valence-corrected chi connectivity index (χ4v) is 8.84. The summed E-state index contributed by atoms with van der Waals surface area (Å²) in [5.41, 5.74) is 0. The van der Waals surface area contributed by atoms with Gasteiger partial charge < -0.3 is 14.2 Å². The fourth-order valence-electron chi connectivity index (χ4n) is 8.84. The van der Waals surface area contributed by atoms with Gasteiger partial charge in [0, 0.05) is 19.3 Å². The zero-order valence-corrected chi connectivity index (χ0v) is 43.9. The lowest BCUT2D eigenvalue weighted by Gasteiger charge is -2.18. The van der Waals surface area contributed by atoms with Crippen LogP contribution in [0.2, 0.25) is 0 Å². The Hall–Kier alpha value is -1.59. The van der Waals surface area contributed by atoms with Crippen molar-refractivity contribution < 1.29 is 28.6 Å². The summed E-state index contributed by atoms with van der Waals surface area (Å²) in [5.74, 6) is 0.854. The van der Waals surface area contributed by atoms with Gasteiger partial charge in [-0.15, -0.1) is 0 Å². The summed E-state index contributed by atoms with van der Waals surface area (Å²) in [6, 6.07) is 0. The highest BCUT2D eigenvalue weighted by Gasteiger charge is 2.19. The molecule has 0 heterocycles. The predicted octanol–water partition coefficient (Wildman–Crippen LogP) is 18.9. The highest BCUT2D eigenvalue weighted by atomic mass is 16.6. The second kappa shape index (κ2) is 50.8. The lowest BCUT2D eigenvalue weighted by Crippen LogP contribution is -2.30. The van der Waals surface area contributed by atoms with Crippen LogP contribution in [0.3, 0.4) is 0 Å².